The van der Waals surface area contributed by atoms with E-state index in [9.17, 15) is 8.42 Å². The molecular weight excluding hydrogens is 345 g/mol. The van der Waals surface area contributed by atoms with Crippen molar-refractivity contribution in [2.75, 3.05) is 6.54 Å². The molecular formula is C9H12INO2S2. The number of thiol groups is 1. The maximum absolute atomic E-state index is 11.7. The molecule has 0 aromatic heterocycles. The number of hydrogen-bond donors (Lipinski definition) is 2. The van der Waals surface area contributed by atoms with Crippen LogP contribution in [0.4, 0.5) is 0 Å². The fourth-order valence-electron chi connectivity index (χ4n) is 0.927. The van der Waals surface area contributed by atoms with E-state index in [1.165, 1.54) is 0 Å². The Morgan fingerprint density at radius 3 is 2.40 bits per heavy atom. The number of benzene rings is 1. The first-order valence-corrected chi connectivity index (χ1v) is 7.43. The first kappa shape index (κ1) is 13.3. The Morgan fingerprint density at radius 2 is 1.93 bits per heavy atom. The molecule has 84 valence electrons. The molecule has 1 unspecified atom stereocenters. The Morgan fingerprint density at radius 1 is 1.40 bits per heavy atom. The topological polar surface area (TPSA) is 46.2 Å². The zero-order chi connectivity index (χ0) is 11.5. The lowest BCUT2D eigenvalue weighted by molar-refractivity contribution is 0.581. The summed E-state index contributed by atoms with van der Waals surface area (Å²) in [6.45, 7) is 2.16. The van der Waals surface area contributed by atoms with Gasteiger partial charge in [-0.3, -0.25) is 0 Å². The highest BCUT2D eigenvalue weighted by molar-refractivity contribution is 14.1. The molecule has 1 rings (SSSR count). The Kier molecular flexibility index (Phi) is 4.88. The van der Waals surface area contributed by atoms with Crippen molar-refractivity contribution in [3.8, 4) is 0 Å². The van der Waals surface area contributed by atoms with Crippen LogP contribution in [0.2, 0.25) is 0 Å². The summed E-state index contributed by atoms with van der Waals surface area (Å²) < 4.78 is 26.9. The molecule has 3 nitrogen and oxygen atoms in total. The van der Waals surface area contributed by atoms with Gasteiger partial charge in [-0.1, -0.05) is 6.92 Å². The third-order valence-corrected chi connectivity index (χ3v) is 4.03. The maximum atomic E-state index is 11.7. The van der Waals surface area contributed by atoms with Gasteiger partial charge in [-0.2, -0.15) is 12.6 Å². The smallest absolute Gasteiger partial charge is 0.210 e. The molecule has 0 saturated carbocycles. The molecule has 0 aliphatic heterocycles. The average molecular weight is 357 g/mol. The third kappa shape index (κ3) is 4.29. The second-order valence-electron chi connectivity index (χ2n) is 3.15. The molecule has 0 fully saturated rings. The van der Waals surface area contributed by atoms with Crippen LogP contribution < -0.4 is 4.72 Å². The zero-order valence-corrected chi connectivity index (χ0v) is 12.0. The monoisotopic (exact) mass is 357 g/mol. The van der Waals surface area contributed by atoms with Gasteiger partial charge < -0.3 is 0 Å². The van der Waals surface area contributed by atoms with Crippen molar-refractivity contribution in [3.63, 3.8) is 0 Å². The molecule has 0 aliphatic rings. The molecule has 0 bridgehead atoms. The van der Waals surface area contributed by atoms with Gasteiger partial charge in [0.25, 0.3) is 0 Å². The molecule has 15 heavy (non-hydrogen) atoms. The minimum atomic E-state index is -3.37. The number of sulfonamides is 1. The molecule has 1 aromatic carbocycles. The Hall–Kier alpha value is 0.210. The van der Waals surface area contributed by atoms with Gasteiger partial charge in [0.1, 0.15) is 0 Å². The molecule has 1 atom stereocenters. The standard InChI is InChI=1S/C9H12INO2S2/c1-7(14)6-11-15(12,13)9-4-2-8(10)3-5-9/h2-5,7,11,14H,6H2,1H3. The highest BCUT2D eigenvalue weighted by atomic mass is 127. The van der Waals surface area contributed by atoms with E-state index in [2.05, 4.69) is 39.9 Å². The summed E-state index contributed by atoms with van der Waals surface area (Å²) in [5, 5.41) is 0.00335. The summed E-state index contributed by atoms with van der Waals surface area (Å²) in [6.07, 6.45) is 0. The van der Waals surface area contributed by atoms with Crippen molar-refractivity contribution in [3.05, 3.63) is 27.8 Å². The Bertz CT molecular complexity index is 414. The summed E-state index contributed by atoms with van der Waals surface area (Å²) in [6, 6.07) is 6.71. The normalized spacial score (nSPS) is 13.8. The van der Waals surface area contributed by atoms with Gasteiger partial charge in [-0.15, -0.1) is 0 Å². The Labute approximate surface area is 109 Å². The van der Waals surface area contributed by atoms with Gasteiger partial charge in [0.15, 0.2) is 0 Å². The lowest BCUT2D eigenvalue weighted by atomic mass is 10.4. The lowest BCUT2D eigenvalue weighted by Crippen LogP contribution is -2.28. The summed E-state index contributed by atoms with van der Waals surface area (Å²) in [5.41, 5.74) is 0. The van der Waals surface area contributed by atoms with Gasteiger partial charge in [-0.25, -0.2) is 13.1 Å². The van der Waals surface area contributed by atoms with Gasteiger partial charge in [0.2, 0.25) is 10.0 Å². The van der Waals surface area contributed by atoms with Crippen LogP contribution in [0, 0.1) is 3.57 Å². The lowest BCUT2D eigenvalue weighted by Gasteiger charge is -2.08. The molecule has 1 aromatic rings. The number of halogens is 1. The van der Waals surface area contributed by atoms with Crippen LogP contribution in [0.5, 0.6) is 0 Å². The summed E-state index contributed by atoms with van der Waals surface area (Å²) in [4.78, 5) is 0.289. The minimum Gasteiger partial charge on any atom is -0.210 e. The highest BCUT2D eigenvalue weighted by Crippen LogP contribution is 2.11. The van der Waals surface area contributed by atoms with Crippen LogP contribution >= 0.6 is 35.2 Å². The van der Waals surface area contributed by atoms with Gasteiger partial charge in [0.05, 0.1) is 4.90 Å². The van der Waals surface area contributed by atoms with E-state index in [1.807, 2.05) is 6.92 Å². The van der Waals surface area contributed by atoms with Crippen molar-refractivity contribution < 1.29 is 8.42 Å². The summed E-state index contributed by atoms with van der Waals surface area (Å²) in [7, 11) is -3.37. The highest BCUT2D eigenvalue weighted by Gasteiger charge is 2.13. The molecule has 0 heterocycles. The van der Waals surface area contributed by atoms with Gasteiger partial charge in [-0.05, 0) is 46.9 Å². The van der Waals surface area contributed by atoms with E-state index >= 15 is 0 Å². The van der Waals surface area contributed by atoms with Crippen LogP contribution in [-0.2, 0) is 10.0 Å². The molecule has 0 saturated heterocycles. The van der Waals surface area contributed by atoms with E-state index in [0.29, 0.717) is 6.54 Å². The van der Waals surface area contributed by atoms with E-state index in [-0.39, 0.29) is 10.1 Å². The van der Waals surface area contributed by atoms with E-state index in [4.69, 9.17) is 0 Å². The SMILES string of the molecule is CC(S)CNS(=O)(=O)c1ccc(I)cc1. The van der Waals surface area contributed by atoms with Crippen molar-refractivity contribution in [2.24, 2.45) is 0 Å². The van der Waals surface area contributed by atoms with Gasteiger partial charge in [0, 0.05) is 15.4 Å². The van der Waals surface area contributed by atoms with E-state index in [1.54, 1.807) is 24.3 Å². The molecule has 0 amide bonds. The fourth-order valence-corrected chi connectivity index (χ4v) is 2.63. The van der Waals surface area contributed by atoms with Crippen molar-refractivity contribution in [1.82, 2.24) is 4.72 Å². The number of hydrogen-bond acceptors (Lipinski definition) is 3. The third-order valence-electron chi connectivity index (χ3n) is 1.69. The maximum Gasteiger partial charge on any atom is 0.240 e. The summed E-state index contributed by atoms with van der Waals surface area (Å²) in [5.74, 6) is 0. The predicted octanol–water partition coefficient (Wildman–Crippen LogP) is 1.89. The van der Waals surface area contributed by atoms with Crippen LogP contribution in [-0.4, -0.2) is 20.2 Å². The zero-order valence-electron chi connectivity index (χ0n) is 8.14. The number of rotatable bonds is 4. The van der Waals surface area contributed by atoms with Gasteiger partial charge >= 0.3 is 0 Å². The summed E-state index contributed by atoms with van der Waals surface area (Å²) >= 11 is 6.24. The van der Waals surface area contributed by atoms with Crippen LogP contribution in [0.15, 0.2) is 29.2 Å². The fraction of sp³-hybridized carbons (Fsp3) is 0.333. The first-order valence-electron chi connectivity index (χ1n) is 4.35. The second-order valence-corrected chi connectivity index (χ2v) is 7.05. The minimum absolute atomic E-state index is 0.00335. The van der Waals surface area contributed by atoms with E-state index < -0.39 is 10.0 Å². The quantitative estimate of drug-likeness (QED) is 0.639. The number of nitrogens with one attached hydrogen (secondary N) is 1. The average Bonchev–Trinajstić information content (AvgIpc) is 2.16. The van der Waals surface area contributed by atoms with E-state index in [0.717, 1.165) is 3.57 Å². The van der Waals surface area contributed by atoms with Crippen LogP contribution in [0.25, 0.3) is 0 Å². The molecule has 0 aliphatic carbocycles. The van der Waals surface area contributed by atoms with Crippen molar-refractivity contribution in [1.29, 1.82) is 0 Å². The molecule has 0 radical (unpaired) electrons. The molecule has 1 N–H and O–H groups in total. The predicted molar refractivity (Wildman–Crippen MR) is 72.8 cm³/mol. The largest absolute Gasteiger partial charge is 0.240 e. The van der Waals surface area contributed by atoms with Crippen LogP contribution in [0.3, 0.4) is 0 Å². The molecule has 0 spiro atoms. The van der Waals surface area contributed by atoms with Crippen molar-refractivity contribution >= 4 is 45.2 Å². The van der Waals surface area contributed by atoms with Crippen molar-refractivity contribution in [2.45, 2.75) is 17.1 Å². The first-order chi connectivity index (χ1) is 6.92. The second kappa shape index (κ2) is 5.51. The van der Waals surface area contributed by atoms with Crippen LogP contribution in [0.1, 0.15) is 6.92 Å². The molecule has 6 heteroatoms. The Balaban J connectivity index is 2.82.